The van der Waals surface area contributed by atoms with E-state index in [4.69, 9.17) is 11.6 Å². The van der Waals surface area contributed by atoms with Crippen LogP contribution in [0.1, 0.15) is 10.4 Å². The molecule has 0 fully saturated rings. The monoisotopic (exact) mass is 309 g/mol. The van der Waals surface area contributed by atoms with Gasteiger partial charge in [0.05, 0.1) is 10.6 Å². The molecule has 0 radical (unpaired) electrons. The van der Waals surface area contributed by atoms with E-state index in [1.165, 1.54) is 6.07 Å². The highest BCUT2D eigenvalue weighted by Gasteiger charge is 2.15. The first-order chi connectivity index (χ1) is 9.38. The van der Waals surface area contributed by atoms with E-state index < -0.39 is 15.7 Å². The maximum atomic E-state index is 12.1. The minimum absolute atomic E-state index is 0.0855. The third kappa shape index (κ3) is 3.37. The van der Waals surface area contributed by atoms with E-state index in [2.05, 4.69) is 5.32 Å². The Morgan fingerprint density at radius 1 is 1.05 bits per heavy atom. The molecule has 104 valence electrons. The number of amides is 1. The van der Waals surface area contributed by atoms with Crippen molar-refractivity contribution in [2.75, 3.05) is 11.6 Å². The number of carbonyl (C=O) groups excluding carboxylic acids is 1. The van der Waals surface area contributed by atoms with Gasteiger partial charge in [-0.2, -0.15) is 0 Å². The Balaban J connectivity index is 2.31. The predicted molar refractivity (Wildman–Crippen MR) is 79.0 cm³/mol. The van der Waals surface area contributed by atoms with Gasteiger partial charge in [0.2, 0.25) is 0 Å². The minimum atomic E-state index is -3.40. The van der Waals surface area contributed by atoms with Gasteiger partial charge in [0.25, 0.3) is 5.91 Å². The van der Waals surface area contributed by atoms with Crippen molar-refractivity contribution in [3.8, 4) is 0 Å². The average molecular weight is 310 g/mol. The number of nitrogens with one attached hydrogen (secondary N) is 1. The molecule has 0 atom stereocenters. The molecule has 6 heteroatoms. The normalized spacial score (nSPS) is 11.1. The molecule has 2 aromatic carbocycles. The highest BCUT2D eigenvalue weighted by Crippen LogP contribution is 2.21. The van der Waals surface area contributed by atoms with E-state index in [-0.39, 0.29) is 10.6 Å². The van der Waals surface area contributed by atoms with Crippen molar-refractivity contribution in [2.45, 2.75) is 4.90 Å². The van der Waals surface area contributed by atoms with Crippen LogP contribution in [0, 0.1) is 0 Å². The smallest absolute Gasteiger partial charge is 0.255 e. The zero-order chi connectivity index (χ0) is 14.8. The van der Waals surface area contributed by atoms with Crippen LogP contribution in [0.4, 0.5) is 5.69 Å². The number of sulfone groups is 1. The Hall–Kier alpha value is -1.85. The molecule has 0 saturated heterocycles. The summed E-state index contributed by atoms with van der Waals surface area (Å²) in [5.74, 6) is -0.391. The SMILES string of the molecule is CS(=O)(=O)c1ccccc1NC(=O)c1ccc(Cl)cc1. The summed E-state index contributed by atoms with van der Waals surface area (Å²) >= 11 is 5.75. The number of para-hydroxylation sites is 1. The van der Waals surface area contributed by atoms with Gasteiger partial charge in [-0.3, -0.25) is 4.79 Å². The average Bonchev–Trinajstić information content (AvgIpc) is 2.38. The van der Waals surface area contributed by atoms with Gasteiger partial charge in [0.15, 0.2) is 9.84 Å². The second-order valence-corrected chi connectivity index (χ2v) is 6.65. The quantitative estimate of drug-likeness (QED) is 0.948. The number of benzene rings is 2. The molecule has 20 heavy (non-hydrogen) atoms. The summed E-state index contributed by atoms with van der Waals surface area (Å²) in [5.41, 5.74) is 0.660. The molecule has 1 N–H and O–H groups in total. The minimum Gasteiger partial charge on any atom is -0.321 e. The van der Waals surface area contributed by atoms with Crippen LogP contribution in [0.15, 0.2) is 53.4 Å². The van der Waals surface area contributed by atoms with Gasteiger partial charge in [-0.15, -0.1) is 0 Å². The number of hydrogen-bond donors (Lipinski definition) is 1. The fraction of sp³-hybridized carbons (Fsp3) is 0.0714. The van der Waals surface area contributed by atoms with E-state index in [9.17, 15) is 13.2 Å². The van der Waals surface area contributed by atoms with Crippen LogP contribution < -0.4 is 5.32 Å². The Bertz CT molecular complexity index is 739. The first-order valence-corrected chi connectivity index (χ1v) is 8.01. The lowest BCUT2D eigenvalue weighted by atomic mass is 10.2. The number of anilines is 1. The predicted octanol–water partition coefficient (Wildman–Crippen LogP) is 3.00. The Labute approximate surface area is 122 Å². The largest absolute Gasteiger partial charge is 0.321 e. The molecule has 0 heterocycles. The van der Waals surface area contributed by atoms with Crippen molar-refractivity contribution >= 4 is 33.0 Å². The summed E-state index contributed by atoms with van der Waals surface area (Å²) in [6, 6.07) is 12.6. The van der Waals surface area contributed by atoms with E-state index in [1.807, 2.05) is 0 Å². The zero-order valence-corrected chi connectivity index (χ0v) is 12.2. The number of hydrogen-bond acceptors (Lipinski definition) is 3. The summed E-state index contributed by atoms with van der Waals surface area (Å²) in [6.45, 7) is 0. The first-order valence-electron chi connectivity index (χ1n) is 5.74. The standard InChI is InChI=1S/C14H12ClNO3S/c1-20(18,19)13-5-3-2-4-12(13)16-14(17)10-6-8-11(15)9-7-10/h2-9H,1H3,(H,16,17). The summed E-state index contributed by atoms with van der Waals surface area (Å²) in [5, 5.41) is 3.12. The third-order valence-corrected chi connectivity index (χ3v) is 4.05. The van der Waals surface area contributed by atoms with Gasteiger partial charge >= 0.3 is 0 Å². The van der Waals surface area contributed by atoms with Crippen LogP contribution in [0.3, 0.4) is 0 Å². The van der Waals surface area contributed by atoms with Crippen molar-refractivity contribution < 1.29 is 13.2 Å². The van der Waals surface area contributed by atoms with Crippen molar-refractivity contribution in [3.05, 3.63) is 59.1 Å². The lowest BCUT2D eigenvalue weighted by Gasteiger charge is -2.09. The summed E-state index contributed by atoms with van der Waals surface area (Å²) in [4.78, 5) is 12.1. The fourth-order valence-corrected chi connectivity index (χ4v) is 2.66. The number of halogens is 1. The van der Waals surface area contributed by atoms with Crippen LogP contribution >= 0.6 is 11.6 Å². The molecule has 0 saturated carbocycles. The highest BCUT2D eigenvalue weighted by atomic mass is 35.5. The maximum Gasteiger partial charge on any atom is 0.255 e. The van der Waals surface area contributed by atoms with Gasteiger partial charge in [-0.25, -0.2) is 8.42 Å². The van der Waals surface area contributed by atoms with Gasteiger partial charge in [0.1, 0.15) is 0 Å². The molecule has 0 aliphatic rings. The molecule has 0 bridgehead atoms. The lowest BCUT2D eigenvalue weighted by molar-refractivity contribution is 0.102. The number of rotatable bonds is 3. The molecule has 2 aromatic rings. The molecule has 0 aliphatic carbocycles. The molecule has 0 aliphatic heterocycles. The second-order valence-electron chi connectivity index (χ2n) is 4.23. The van der Waals surface area contributed by atoms with Gasteiger partial charge < -0.3 is 5.32 Å². The van der Waals surface area contributed by atoms with E-state index >= 15 is 0 Å². The summed E-state index contributed by atoms with van der Waals surface area (Å²) in [6.07, 6.45) is 1.10. The lowest BCUT2D eigenvalue weighted by Crippen LogP contribution is -2.14. The Morgan fingerprint density at radius 2 is 1.65 bits per heavy atom. The Kier molecular flexibility index (Phi) is 4.11. The van der Waals surface area contributed by atoms with Crippen molar-refractivity contribution in [1.82, 2.24) is 0 Å². The number of carbonyl (C=O) groups is 1. The van der Waals surface area contributed by atoms with E-state index in [0.29, 0.717) is 10.6 Å². The molecular weight excluding hydrogens is 298 g/mol. The van der Waals surface area contributed by atoms with Crippen LogP contribution in [-0.2, 0) is 9.84 Å². The summed E-state index contributed by atoms with van der Waals surface area (Å²) < 4.78 is 23.3. The molecular formula is C14H12ClNO3S. The van der Waals surface area contributed by atoms with Crippen molar-refractivity contribution in [2.24, 2.45) is 0 Å². The van der Waals surface area contributed by atoms with Crippen LogP contribution in [0.5, 0.6) is 0 Å². The molecule has 0 spiro atoms. The second kappa shape index (κ2) is 5.64. The summed E-state index contributed by atoms with van der Waals surface area (Å²) in [7, 11) is -3.40. The molecule has 0 unspecified atom stereocenters. The van der Waals surface area contributed by atoms with Gasteiger partial charge in [-0.1, -0.05) is 23.7 Å². The zero-order valence-electron chi connectivity index (χ0n) is 10.6. The molecule has 2 rings (SSSR count). The van der Waals surface area contributed by atoms with E-state index in [0.717, 1.165) is 6.26 Å². The van der Waals surface area contributed by atoms with Gasteiger partial charge in [-0.05, 0) is 36.4 Å². The Morgan fingerprint density at radius 3 is 2.25 bits per heavy atom. The third-order valence-electron chi connectivity index (χ3n) is 2.64. The first kappa shape index (κ1) is 14.6. The van der Waals surface area contributed by atoms with Crippen LogP contribution in [0.2, 0.25) is 5.02 Å². The van der Waals surface area contributed by atoms with Crippen molar-refractivity contribution in [3.63, 3.8) is 0 Å². The molecule has 0 aromatic heterocycles. The van der Waals surface area contributed by atoms with Gasteiger partial charge in [0, 0.05) is 16.8 Å². The topological polar surface area (TPSA) is 63.2 Å². The van der Waals surface area contributed by atoms with Crippen molar-refractivity contribution in [1.29, 1.82) is 0 Å². The maximum absolute atomic E-state index is 12.1. The molecule has 4 nitrogen and oxygen atoms in total. The fourth-order valence-electron chi connectivity index (χ4n) is 1.69. The van der Waals surface area contributed by atoms with E-state index in [1.54, 1.807) is 42.5 Å². The molecule has 1 amide bonds. The van der Waals surface area contributed by atoms with Crippen LogP contribution in [0.25, 0.3) is 0 Å². The highest BCUT2D eigenvalue weighted by molar-refractivity contribution is 7.90. The van der Waals surface area contributed by atoms with Crippen LogP contribution in [-0.4, -0.2) is 20.6 Å².